The number of esters is 2. The molecule has 0 unspecified atom stereocenters. The number of rotatable bonds is 8. The average molecular weight is 446 g/mol. The van der Waals surface area contributed by atoms with Crippen molar-refractivity contribution < 1.29 is 28.6 Å². The Hall–Kier alpha value is -2.87. The molecule has 0 saturated heterocycles. The third-order valence-corrected chi connectivity index (χ3v) is 6.13. The molecule has 2 aromatic rings. The molecule has 31 heavy (non-hydrogen) atoms. The lowest BCUT2D eigenvalue weighted by atomic mass is 9.95. The van der Waals surface area contributed by atoms with E-state index in [2.05, 4.69) is 5.32 Å². The van der Waals surface area contributed by atoms with Gasteiger partial charge in [-0.25, -0.2) is 9.59 Å². The average Bonchev–Trinajstić information content (AvgIpc) is 3.12. The molecule has 7 nitrogen and oxygen atoms in total. The molecular weight excluding hydrogens is 418 g/mol. The minimum atomic E-state index is -0.746. The summed E-state index contributed by atoms with van der Waals surface area (Å²) >= 11 is 1.45. The van der Waals surface area contributed by atoms with Crippen molar-refractivity contribution in [2.45, 2.75) is 52.6 Å². The Balaban J connectivity index is 1.74. The highest BCUT2D eigenvalue weighted by molar-refractivity contribution is 7.17. The highest BCUT2D eigenvalue weighted by Gasteiger charge is 2.27. The minimum absolute atomic E-state index is 0.280. The third kappa shape index (κ3) is 5.44. The molecule has 1 aliphatic rings. The fourth-order valence-corrected chi connectivity index (χ4v) is 4.72. The molecule has 1 atom stereocenters. The highest BCUT2D eigenvalue weighted by Crippen LogP contribution is 2.38. The van der Waals surface area contributed by atoms with Crippen molar-refractivity contribution in [2.24, 2.45) is 0 Å². The zero-order chi connectivity index (χ0) is 22.4. The van der Waals surface area contributed by atoms with Crippen molar-refractivity contribution in [3.63, 3.8) is 0 Å². The van der Waals surface area contributed by atoms with Gasteiger partial charge in [0.15, 0.2) is 6.10 Å². The van der Waals surface area contributed by atoms with Crippen LogP contribution in [0.4, 0.5) is 5.00 Å². The Morgan fingerprint density at radius 2 is 1.71 bits per heavy atom. The number of carbonyl (C=O) groups is 3. The van der Waals surface area contributed by atoms with Gasteiger partial charge in [0, 0.05) is 10.4 Å². The van der Waals surface area contributed by atoms with E-state index >= 15 is 0 Å². The van der Waals surface area contributed by atoms with Crippen LogP contribution >= 0.6 is 11.3 Å². The van der Waals surface area contributed by atoms with Crippen LogP contribution in [0, 0.1) is 0 Å². The Bertz CT molecular complexity index is 950. The maximum Gasteiger partial charge on any atom is 0.347 e. The maximum atomic E-state index is 12.8. The summed E-state index contributed by atoms with van der Waals surface area (Å²) in [6.45, 7) is 5.67. The molecule has 1 N–H and O–H groups in total. The van der Waals surface area contributed by atoms with Crippen LogP contribution in [-0.2, 0) is 27.1 Å². The minimum Gasteiger partial charge on any atom is -0.479 e. The topological polar surface area (TPSA) is 90.9 Å². The van der Waals surface area contributed by atoms with Crippen LogP contribution in [0.2, 0.25) is 0 Å². The molecule has 1 aromatic heterocycles. The first-order valence-electron chi connectivity index (χ1n) is 10.5. The Morgan fingerprint density at radius 1 is 1.03 bits per heavy atom. The van der Waals surface area contributed by atoms with Crippen LogP contribution in [0.15, 0.2) is 24.3 Å². The summed E-state index contributed by atoms with van der Waals surface area (Å²) in [5.74, 6) is -0.712. The van der Waals surface area contributed by atoms with Gasteiger partial charge in [0.2, 0.25) is 0 Å². The zero-order valence-corrected chi connectivity index (χ0v) is 18.8. The van der Waals surface area contributed by atoms with E-state index in [4.69, 9.17) is 14.2 Å². The van der Waals surface area contributed by atoms with Crippen molar-refractivity contribution >= 4 is 34.2 Å². The number of ether oxygens (including phenoxy) is 3. The predicted molar refractivity (Wildman–Crippen MR) is 118 cm³/mol. The van der Waals surface area contributed by atoms with Crippen molar-refractivity contribution in [2.75, 3.05) is 18.5 Å². The number of carbonyl (C=O) groups excluding carboxylic acids is 3. The maximum absolute atomic E-state index is 12.8. The van der Waals surface area contributed by atoms with Crippen LogP contribution in [-0.4, -0.2) is 37.2 Å². The summed E-state index contributed by atoms with van der Waals surface area (Å²) in [7, 11) is 0. The number of amides is 1. The lowest BCUT2D eigenvalue weighted by Gasteiger charge is -2.13. The van der Waals surface area contributed by atoms with Gasteiger partial charge in [-0.3, -0.25) is 4.79 Å². The number of anilines is 1. The van der Waals surface area contributed by atoms with E-state index in [1.165, 1.54) is 11.3 Å². The number of hydrogen-bond donors (Lipinski definition) is 1. The van der Waals surface area contributed by atoms with E-state index in [9.17, 15) is 14.4 Å². The molecule has 0 spiro atoms. The Kier molecular flexibility index (Phi) is 7.68. The molecule has 8 heteroatoms. The SMILES string of the molecule is CCOC(=O)c1c(NC(=O)c2ccc(O[C@@H](C)C(=O)OCC)cc2)sc2c1CCCC2. The third-order valence-electron chi connectivity index (χ3n) is 4.93. The number of nitrogens with one attached hydrogen (secondary N) is 1. The van der Waals surface area contributed by atoms with Crippen molar-refractivity contribution in [3.8, 4) is 5.75 Å². The van der Waals surface area contributed by atoms with Gasteiger partial charge in [0.1, 0.15) is 10.8 Å². The molecule has 1 aliphatic carbocycles. The highest BCUT2D eigenvalue weighted by atomic mass is 32.1. The fraction of sp³-hybridized carbons (Fsp3) is 0.435. The van der Waals surface area contributed by atoms with E-state index in [0.717, 1.165) is 36.1 Å². The Morgan fingerprint density at radius 3 is 2.39 bits per heavy atom. The predicted octanol–water partition coefficient (Wildman–Crippen LogP) is 4.39. The van der Waals surface area contributed by atoms with Gasteiger partial charge >= 0.3 is 11.9 Å². The summed E-state index contributed by atoms with van der Waals surface area (Å²) in [6, 6.07) is 6.47. The van der Waals surface area contributed by atoms with Crippen LogP contribution in [0.25, 0.3) is 0 Å². The van der Waals surface area contributed by atoms with Crippen molar-refractivity contribution in [1.82, 2.24) is 0 Å². The zero-order valence-electron chi connectivity index (χ0n) is 18.0. The van der Waals surface area contributed by atoms with Crippen LogP contribution in [0.1, 0.15) is 64.8 Å². The van der Waals surface area contributed by atoms with Gasteiger partial charge in [-0.05, 0) is 76.3 Å². The van der Waals surface area contributed by atoms with Crippen LogP contribution in [0.3, 0.4) is 0 Å². The van der Waals surface area contributed by atoms with Gasteiger partial charge in [0.05, 0.1) is 18.8 Å². The summed E-state index contributed by atoms with van der Waals surface area (Å²) in [5.41, 5.74) is 1.90. The number of hydrogen-bond acceptors (Lipinski definition) is 7. The van der Waals surface area contributed by atoms with Gasteiger partial charge in [-0.2, -0.15) is 0 Å². The summed E-state index contributed by atoms with van der Waals surface area (Å²) in [4.78, 5) is 38.2. The molecule has 0 saturated carbocycles. The molecule has 166 valence electrons. The molecular formula is C23H27NO6S. The smallest absolute Gasteiger partial charge is 0.347 e. The fourth-order valence-electron chi connectivity index (χ4n) is 3.45. The number of benzene rings is 1. The normalized spacial score (nSPS) is 13.6. The lowest BCUT2D eigenvalue weighted by Crippen LogP contribution is -2.26. The van der Waals surface area contributed by atoms with Crippen molar-refractivity contribution in [1.29, 1.82) is 0 Å². The van der Waals surface area contributed by atoms with Crippen LogP contribution < -0.4 is 10.1 Å². The second-order valence-electron chi connectivity index (χ2n) is 7.13. The molecule has 1 aromatic carbocycles. The second-order valence-corrected chi connectivity index (χ2v) is 8.23. The van der Waals surface area contributed by atoms with Crippen molar-refractivity contribution in [3.05, 3.63) is 45.8 Å². The quantitative estimate of drug-likeness (QED) is 0.606. The summed E-state index contributed by atoms with van der Waals surface area (Å²) < 4.78 is 15.7. The van der Waals surface area contributed by atoms with E-state index in [1.807, 2.05) is 0 Å². The van der Waals surface area contributed by atoms with Gasteiger partial charge in [-0.1, -0.05) is 0 Å². The largest absolute Gasteiger partial charge is 0.479 e. The van der Waals surface area contributed by atoms with Gasteiger partial charge in [-0.15, -0.1) is 11.3 Å². The number of fused-ring (bicyclic) bond motifs is 1. The first kappa shape index (κ1) is 22.8. The summed E-state index contributed by atoms with van der Waals surface area (Å²) in [5, 5.41) is 3.42. The Labute approximate surface area is 185 Å². The monoisotopic (exact) mass is 445 g/mol. The lowest BCUT2D eigenvalue weighted by molar-refractivity contribution is -0.150. The van der Waals surface area contributed by atoms with E-state index < -0.39 is 18.0 Å². The molecule has 0 aliphatic heterocycles. The van der Waals surface area contributed by atoms with E-state index in [0.29, 0.717) is 21.9 Å². The first-order chi connectivity index (χ1) is 14.9. The van der Waals surface area contributed by atoms with Gasteiger partial charge in [0.25, 0.3) is 5.91 Å². The number of thiophene rings is 1. The standard InChI is InChI=1S/C23H27NO6S/c1-4-28-22(26)14(3)30-16-12-10-15(11-13-16)20(25)24-21-19(23(27)29-5-2)17-8-6-7-9-18(17)31-21/h10-14H,4-9H2,1-3H3,(H,24,25)/t14-/m0/s1. The molecule has 1 heterocycles. The van der Waals surface area contributed by atoms with E-state index in [-0.39, 0.29) is 19.1 Å². The molecule has 0 radical (unpaired) electrons. The van der Waals surface area contributed by atoms with Crippen LogP contribution in [0.5, 0.6) is 5.75 Å². The number of aryl methyl sites for hydroxylation is 1. The molecule has 1 amide bonds. The molecule has 0 bridgehead atoms. The molecule has 0 fully saturated rings. The first-order valence-corrected chi connectivity index (χ1v) is 11.3. The van der Waals surface area contributed by atoms with E-state index in [1.54, 1.807) is 45.0 Å². The van der Waals surface area contributed by atoms with Gasteiger partial charge < -0.3 is 19.5 Å². The molecule has 3 rings (SSSR count). The second kappa shape index (κ2) is 10.4. The summed E-state index contributed by atoms with van der Waals surface area (Å²) in [6.07, 6.45) is 3.08.